The average molecular weight is 451 g/mol. The quantitative estimate of drug-likeness (QED) is 0.540. The molecule has 0 spiro atoms. The second-order valence-electron chi connectivity index (χ2n) is 5.91. The Balaban J connectivity index is 1.72. The van der Waals surface area contributed by atoms with Gasteiger partial charge >= 0.3 is 0 Å². The van der Waals surface area contributed by atoms with Crippen LogP contribution in [0.2, 0.25) is 10.0 Å². The van der Waals surface area contributed by atoms with Gasteiger partial charge in [-0.2, -0.15) is 0 Å². The first kappa shape index (κ1) is 21.0. The molecule has 1 amide bonds. The third-order valence-electron chi connectivity index (χ3n) is 3.69. The highest BCUT2D eigenvalue weighted by molar-refractivity contribution is 7.92. The number of benzene rings is 3. The predicted octanol–water partition coefficient (Wildman–Crippen LogP) is 4.81. The number of hydrogen-bond acceptors (Lipinski definition) is 4. The monoisotopic (exact) mass is 450 g/mol. The van der Waals surface area contributed by atoms with Crippen molar-refractivity contribution in [2.75, 3.05) is 16.6 Å². The van der Waals surface area contributed by atoms with Crippen LogP contribution in [-0.4, -0.2) is 20.9 Å². The van der Waals surface area contributed by atoms with Crippen molar-refractivity contribution in [2.24, 2.45) is 0 Å². The average Bonchev–Trinajstić information content (AvgIpc) is 2.68. The Hall–Kier alpha value is -2.74. The molecule has 150 valence electrons. The van der Waals surface area contributed by atoms with Crippen LogP contribution in [-0.2, 0) is 14.8 Å². The van der Waals surface area contributed by atoms with Gasteiger partial charge in [0.15, 0.2) is 6.61 Å². The second-order valence-corrected chi connectivity index (χ2v) is 8.41. The van der Waals surface area contributed by atoms with E-state index in [4.69, 9.17) is 27.9 Å². The lowest BCUT2D eigenvalue weighted by atomic mass is 10.3. The minimum absolute atomic E-state index is 0.0121. The zero-order valence-corrected chi connectivity index (χ0v) is 17.3. The topological polar surface area (TPSA) is 84.5 Å². The van der Waals surface area contributed by atoms with E-state index in [2.05, 4.69) is 10.0 Å². The third-order valence-corrected chi connectivity index (χ3v) is 5.79. The minimum atomic E-state index is -4.00. The molecule has 0 aliphatic carbocycles. The van der Waals surface area contributed by atoms with Gasteiger partial charge in [-0.1, -0.05) is 47.5 Å². The maximum absolute atomic E-state index is 12.7. The number of sulfonamides is 1. The Kier molecular flexibility index (Phi) is 6.64. The van der Waals surface area contributed by atoms with E-state index in [9.17, 15) is 13.2 Å². The van der Waals surface area contributed by atoms with E-state index in [0.717, 1.165) is 0 Å². The molecule has 3 aromatic rings. The Labute approximate surface area is 178 Å². The molecule has 29 heavy (non-hydrogen) atoms. The van der Waals surface area contributed by atoms with Gasteiger partial charge < -0.3 is 10.1 Å². The van der Waals surface area contributed by atoms with Crippen LogP contribution in [0.15, 0.2) is 77.7 Å². The molecule has 0 aliphatic heterocycles. The number of anilines is 2. The Morgan fingerprint density at radius 3 is 2.38 bits per heavy atom. The second kappa shape index (κ2) is 9.17. The van der Waals surface area contributed by atoms with E-state index in [1.54, 1.807) is 42.5 Å². The summed E-state index contributed by atoms with van der Waals surface area (Å²) in [5.74, 6) is 0.107. The van der Waals surface area contributed by atoms with Gasteiger partial charge in [-0.15, -0.1) is 0 Å². The number of para-hydroxylation sites is 1. The summed E-state index contributed by atoms with van der Waals surface area (Å²) in [6.07, 6.45) is 0. The first-order valence-corrected chi connectivity index (χ1v) is 10.6. The summed E-state index contributed by atoms with van der Waals surface area (Å²) in [7, 11) is -4.00. The fourth-order valence-corrected chi connectivity index (χ4v) is 4.18. The van der Waals surface area contributed by atoms with Crippen LogP contribution in [0.3, 0.4) is 0 Å². The van der Waals surface area contributed by atoms with Crippen molar-refractivity contribution >= 4 is 50.5 Å². The van der Waals surface area contributed by atoms with E-state index in [-0.39, 0.29) is 22.2 Å². The van der Waals surface area contributed by atoms with Crippen molar-refractivity contribution in [3.63, 3.8) is 0 Å². The van der Waals surface area contributed by atoms with E-state index in [0.29, 0.717) is 16.5 Å². The third kappa shape index (κ3) is 5.87. The number of carbonyl (C=O) groups is 1. The molecule has 0 aromatic heterocycles. The normalized spacial score (nSPS) is 11.0. The van der Waals surface area contributed by atoms with Gasteiger partial charge in [0.1, 0.15) is 10.6 Å². The van der Waals surface area contributed by atoms with E-state index in [1.807, 2.05) is 6.07 Å². The van der Waals surface area contributed by atoms with Crippen LogP contribution < -0.4 is 14.8 Å². The molecule has 0 fully saturated rings. The predicted molar refractivity (Wildman–Crippen MR) is 114 cm³/mol. The Morgan fingerprint density at radius 2 is 1.66 bits per heavy atom. The molecule has 0 saturated carbocycles. The number of carbonyl (C=O) groups excluding carboxylic acids is 1. The highest BCUT2D eigenvalue weighted by Crippen LogP contribution is 2.27. The SMILES string of the molecule is O=C(COc1ccccc1)Nc1ccc(Cl)c(S(=O)(=O)Nc2cccc(Cl)c2)c1. The lowest BCUT2D eigenvalue weighted by Gasteiger charge is -2.12. The summed E-state index contributed by atoms with van der Waals surface area (Å²) in [6.45, 7) is -0.227. The van der Waals surface area contributed by atoms with Crippen LogP contribution >= 0.6 is 23.2 Å². The molecular formula is C20H16Cl2N2O4S. The zero-order chi connectivity index (χ0) is 20.9. The van der Waals surface area contributed by atoms with Crippen LogP contribution in [0.5, 0.6) is 5.75 Å². The maximum atomic E-state index is 12.7. The largest absolute Gasteiger partial charge is 0.484 e. The summed E-state index contributed by atoms with van der Waals surface area (Å²) in [4.78, 5) is 11.9. The Morgan fingerprint density at radius 1 is 0.897 bits per heavy atom. The molecule has 0 radical (unpaired) electrons. The zero-order valence-electron chi connectivity index (χ0n) is 14.9. The standard InChI is InChI=1S/C20H16Cl2N2O4S/c21-14-5-4-6-16(11-14)24-29(26,27)19-12-15(9-10-18(19)22)23-20(25)13-28-17-7-2-1-3-8-17/h1-12,24H,13H2,(H,23,25). The van der Waals surface area contributed by atoms with Crippen molar-refractivity contribution in [2.45, 2.75) is 4.90 Å². The Bertz CT molecular complexity index is 1120. The van der Waals surface area contributed by atoms with Crippen molar-refractivity contribution in [1.82, 2.24) is 0 Å². The van der Waals surface area contributed by atoms with E-state index in [1.165, 1.54) is 24.3 Å². The van der Waals surface area contributed by atoms with Gasteiger partial charge in [0.2, 0.25) is 0 Å². The highest BCUT2D eigenvalue weighted by atomic mass is 35.5. The summed E-state index contributed by atoms with van der Waals surface area (Å²) in [6, 6.07) is 19.3. The van der Waals surface area contributed by atoms with Crippen LogP contribution in [0.25, 0.3) is 0 Å². The van der Waals surface area contributed by atoms with Crippen LogP contribution in [0.1, 0.15) is 0 Å². The van der Waals surface area contributed by atoms with Gasteiger partial charge in [0.25, 0.3) is 15.9 Å². The summed E-state index contributed by atoms with van der Waals surface area (Å²) in [5, 5.41) is 2.99. The molecule has 3 rings (SSSR count). The molecule has 0 saturated heterocycles. The molecule has 6 nitrogen and oxygen atoms in total. The number of rotatable bonds is 7. The lowest BCUT2D eigenvalue weighted by Crippen LogP contribution is -2.20. The number of hydrogen-bond donors (Lipinski definition) is 2. The fourth-order valence-electron chi connectivity index (χ4n) is 2.41. The molecule has 0 atom stereocenters. The fraction of sp³-hybridized carbons (Fsp3) is 0.0500. The molecule has 2 N–H and O–H groups in total. The van der Waals surface area contributed by atoms with Gasteiger partial charge in [-0.3, -0.25) is 9.52 Å². The first-order chi connectivity index (χ1) is 13.8. The summed E-state index contributed by atoms with van der Waals surface area (Å²) in [5.41, 5.74) is 0.557. The van der Waals surface area contributed by atoms with Crippen LogP contribution in [0, 0.1) is 0 Å². The summed E-state index contributed by atoms with van der Waals surface area (Å²) < 4.78 is 33.2. The van der Waals surface area contributed by atoms with E-state index < -0.39 is 15.9 Å². The molecule has 0 unspecified atom stereocenters. The molecule has 0 aliphatic rings. The van der Waals surface area contributed by atoms with Crippen molar-refractivity contribution in [3.8, 4) is 5.75 Å². The van der Waals surface area contributed by atoms with Crippen molar-refractivity contribution < 1.29 is 17.9 Å². The molecule has 0 bridgehead atoms. The highest BCUT2D eigenvalue weighted by Gasteiger charge is 2.19. The van der Waals surface area contributed by atoms with Crippen molar-refractivity contribution in [1.29, 1.82) is 0 Å². The minimum Gasteiger partial charge on any atom is -0.484 e. The van der Waals surface area contributed by atoms with Crippen molar-refractivity contribution in [3.05, 3.63) is 82.8 Å². The number of halogens is 2. The van der Waals surface area contributed by atoms with Gasteiger partial charge in [-0.05, 0) is 48.5 Å². The number of ether oxygens (including phenoxy) is 1. The smallest absolute Gasteiger partial charge is 0.263 e. The molecular weight excluding hydrogens is 435 g/mol. The van der Waals surface area contributed by atoms with Gasteiger partial charge in [-0.25, -0.2) is 8.42 Å². The summed E-state index contributed by atoms with van der Waals surface area (Å²) >= 11 is 12.0. The number of nitrogens with one attached hydrogen (secondary N) is 2. The van der Waals surface area contributed by atoms with Crippen LogP contribution in [0.4, 0.5) is 11.4 Å². The molecule has 0 heterocycles. The first-order valence-electron chi connectivity index (χ1n) is 8.39. The molecule has 9 heteroatoms. The lowest BCUT2D eigenvalue weighted by molar-refractivity contribution is -0.118. The van der Waals surface area contributed by atoms with E-state index >= 15 is 0 Å². The maximum Gasteiger partial charge on any atom is 0.263 e. The number of amides is 1. The van der Waals surface area contributed by atoms with Gasteiger partial charge in [0, 0.05) is 10.7 Å². The molecule has 3 aromatic carbocycles. The van der Waals surface area contributed by atoms with Gasteiger partial charge in [0.05, 0.1) is 10.7 Å².